The number of amides is 2. The van der Waals surface area contributed by atoms with Crippen molar-refractivity contribution >= 4 is 33.4 Å². The van der Waals surface area contributed by atoms with E-state index >= 15 is 0 Å². The van der Waals surface area contributed by atoms with Gasteiger partial charge in [0.15, 0.2) is 0 Å². The average Bonchev–Trinajstić information content (AvgIpc) is 2.34. The van der Waals surface area contributed by atoms with Crippen molar-refractivity contribution in [3.8, 4) is 0 Å². The van der Waals surface area contributed by atoms with E-state index in [1.807, 2.05) is 0 Å². The number of aromatic nitrogens is 1. The molecule has 0 saturated carbocycles. The largest absolute Gasteiger partial charge is 0.345 e. The van der Waals surface area contributed by atoms with Crippen LogP contribution < -0.4 is 16.0 Å². The minimum atomic E-state index is -0.669. The van der Waals surface area contributed by atoms with Crippen LogP contribution in [0.25, 0.3) is 0 Å². The van der Waals surface area contributed by atoms with Gasteiger partial charge in [0.05, 0.1) is 0 Å². The number of pyridine rings is 1. The highest BCUT2D eigenvalue weighted by Crippen LogP contribution is 2.28. The molecule has 0 unspecified atom stereocenters. The molecule has 2 rings (SSSR count). The summed E-state index contributed by atoms with van der Waals surface area (Å²) in [6.07, 6.45) is 3.10. The third-order valence-electron chi connectivity index (χ3n) is 3.72. The van der Waals surface area contributed by atoms with Crippen LogP contribution in [-0.2, 0) is 9.59 Å². The Balaban J connectivity index is 1.97. The number of hydrogen-bond acceptors (Lipinski definition) is 4. The zero-order valence-corrected chi connectivity index (χ0v) is 15.5. The highest BCUT2D eigenvalue weighted by Gasteiger charge is 2.38. The quantitative estimate of drug-likeness (QED) is 0.540. The Hall–Kier alpha value is -1.47. The van der Waals surface area contributed by atoms with Crippen LogP contribution in [0.3, 0.4) is 0 Å². The average molecular weight is 383 g/mol. The van der Waals surface area contributed by atoms with E-state index in [2.05, 4.69) is 64.6 Å². The number of halogens is 1. The van der Waals surface area contributed by atoms with Crippen LogP contribution in [0, 0.1) is 0 Å². The van der Waals surface area contributed by atoms with Crippen LogP contribution in [0.4, 0.5) is 5.69 Å². The number of rotatable bonds is 2. The van der Waals surface area contributed by atoms with E-state index in [0.29, 0.717) is 10.3 Å². The lowest BCUT2D eigenvalue weighted by Crippen LogP contribution is -2.62. The van der Waals surface area contributed by atoms with Crippen LogP contribution in [-0.4, -0.2) is 33.9 Å². The summed E-state index contributed by atoms with van der Waals surface area (Å²) in [5.41, 5.74) is 0.344. The molecule has 7 heteroatoms. The molecule has 0 radical (unpaired) electrons. The molecule has 2 heterocycles. The predicted octanol–water partition coefficient (Wildman–Crippen LogP) is 2.21. The monoisotopic (exact) mass is 382 g/mol. The molecule has 1 aliphatic heterocycles. The normalized spacial score (nSPS) is 19.9. The lowest BCUT2D eigenvalue weighted by atomic mass is 9.79. The van der Waals surface area contributed by atoms with Crippen LogP contribution in [0.5, 0.6) is 0 Å². The molecular weight excluding hydrogens is 360 g/mol. The van der Waals surface area contributed by atoms with Crippen LogP contribution in [0.2, 0.25) is 0 Å². The topological polar surface area (TPSA) is 83.1 Å². The summed E-state index contributed by atoms with van der Waals surface area (Å²) in [4.78, 5) is 28.2. The van der Waals surface area contributed by atoms with Gasteiger partial charge in [-0.15, -0.1) is 0 Å². The third-order valence-corrected chi connectivity index (χ3v) is 4.15. The summed E-state index contributed by atoms with van der Waals surface area (Å²) in [7, 11) is 0. The molecule has 0 aromatic carbocycles. The Morgan fingerprint density at radius 2 is 1.83 bits per heavy atom. The van der Waals surface area contributed by atoms with Crippen molar-refractivity contribution in [2.45, 2.75) is 57.7 Å². The van der Waals surface area contributed by atoms with E-state index in [0.717, 1.165) is 12.8 Å². The SMILES string of the molecule is CC1(C)CC(NC(=O)C(=O)Nc2ccnc(Br)c2)CC(C)(C)N1. The molecule has 6 nitrogen and oxygen atoms in total. The minimum Gasteiger partial charge on any atom is -0.345 e. The standard InChI is InChI=1S/C16H23BrN4O2/c1-15(2)8-11(9-16(3,4)21-15)20-14(23)13(22)19-10-5-6-18-12(17)7-10/h5-7,11,21H,8-9H2,1-4H3,(H,20,23)(H,18,19,22). The molecule has 2 amide bonds. The summed E-state index contributed by atoms with van der Waals surface area (Å²) < 4.78 is 0.595. The molecular formula is C16H23BrN4O2. The van der Waals surface area contributed by atoms with Crippen molar-refractivity contribution < 1.29 is 9.59 Å². The van der Waals surface area contributed by atoms with Gasteiger partial charge in [-0.2, -0.15) is 0 Å². The van der Waals surface area contributed by atoms with Crippen molar-refractivity contribution in [1.82, 2.24) is 15.6 Å². The van der Waals surface area contributed by atoms with Gasteiger partial charge in [-0.05, 0) is 68.6 Å². The van der Waals surface area contributed by atoms with Gasteiger partial charge >= 0.3 is 11.8 Å². The molecule has 0 bridgehead atoms. The van der Waals surface area contributed by atoms with Crippen LogP contribution >= 0.6 is 15.9 Å². The van der Waals surface area contributed by atoms with Crippen molar-refractivity contribution in [3.05, 3.63) is 22.9 Å². The molecule has 0 spiro atoms. The first-order valence-corrected chi connectivity index (χ1v) is 8.38. The molecule has 1 saturated heterocycles. The lowest BCUT2D eigenvalue weighted by molar-refractivity contribution is -0.137. The maximum Gasteiger partial charge on any atom is 0.313 e. The smallest absolute Gasteiger partial charge is 0.313 e. The van der Waals surface area contributed by atoms with Gasteiger partial charge in [0.25, 0.3) is 0 Å². The molecule has 0 aliphatic carbocycles. The van der Waals surface area contributed by atoms with E-state index in [1.54, 1.807) is 18.3 Å². The predicted molar refractivity (Wildman–Crippen MR) is 93.0 cm³/mol. The molecule has 0 atom stereocenters. The van der Waals surface area contributed by atoms with Gasteiger partial charge < -0.3 is 16.0 Å². The molecule has 1 aromatic rings. The maximum atomic E-state index is 12.2. The number of carbonyl (C=O) groups excluding carboxylic acids is 2. The molecule has 23 heavy (non-hydrogen) atoms. The van der Waals surface area contributed by atoms with Crippen LogP contribution in [0.1, 0.15) is 40.5 Å². The fourth-order valence-electron chi connectivity index (χ4n) is 3.34. The fourth-order valence-corrected chi connectivity index (χ4v) is 3.71. The summed E-state index contributed by atoms with van der Waals surface area (Å²) in [5, 5.41) is 8.97. The van der Waals surface area contributed by atoms with Gasteiger partial charge in [-0.3, -0.25) is 9.59 Å². The number of carbonyl (C=O) groups is 2. The molecule has 3 N–H and O–H groups in total. The second-order valence-electron chi connectivity index (χ2n) is 7.29. The van der Waals surface area contributed by atoms with E-state index < -0.39 is 11.8 Å². The second-order valence-corrected chi connectivity index (χ2v) is 8.11. The van der Waals surface area contributed by atoms with Crippen molar-refractivity contribution in [2.75, 3.05) is 5.32 Å². The number of hydrogen-bond donors (Lipinski definition) is 3. The number of anilines is 1. The zero-order chi connectivity index (χ0) is 17.3. The number of nitrogens with zero attached hydrogens (tertiary/aromatic N) is 1. The Labute approximate surface area is 144 Å². The number of nitrogens with one attached hydrogen (secondary N) is 3. The Morgan fingerprint density at radius 3 is 2.39 bits per heavy atom. The van der Waals surface area contributed by atoms with E-state index in [9.17, 15) is 9.59 Å². The highest BCUT2D eigenvalue weighted by atomic mass is 79.9. The summed E-state index contributed by atoms with van der Waals surface area (Å²) in [6.45, 7) is 8.40. The van der Waals surface area contributed by atoms with Gasteiger partial charge in [0.1, 0.15) is 4.60 Å². The first-order chi connectivity index (χ1) is 10.6. The second kappa shape index (κ2) is 6.57. The van der Waals surface area contributed by atoms with E-state index in [1.165, 1.54) is 0 Å². The van der Waals surface area contributed by atoms with Crippen molar-refractivity contribution in [1.29, 1.82) is 0 Å². The maximum absolute atomic E-state index is 12.2. The Morgan fingerprint density at radius 1 is 1.22 bits per heavy atom. The molecule has 1 aromatic heterocycles. The van der Waals surface area contributed by atoms with Gasteiger partial charge in [0, 0.05) is 29.0 Å². The third kappa shape index (κ3) is 5.28. The highest BCUT2D eigenvalue weighted by molar-refractivity contribution is 9.10. The number of piperidine rings is 1. The summed E-state index contributed by atoms with van der Waals surface area (Å²) in [5.74, 6) is -1.28. The van der Waals surface area contributed by atoms with E-state index in [4.69, 9.17) is 0 Å². The van der Waals surface area contributed by atoms with Gasteiger partial charge in [-0.25, -0.2) is 4.98 Å². The molecule has 1 fully saturated rings. The van der Waals surface area contributed by atoms with Gasteiger partial charge in [0.2, 0.25) is 0 Å². The van der Waals surface area contributed by atoms with Gasteiger partial charge in [-0.1, -0.05) is 0 Å². The van der Waals surface area contributed by atoms with Crippen molar-refractivity contribution in [3.63, 3.8) is 0 Å². The Kier molecular flexibility index (Phi) is 5.10. The first kappa shape index (κ1) is 17.9. The summed E-state index contributed by atoms with van der Waals surface area (Å²) >= 11 is 3.22. The lowest BCUT2D eigenvalue weighted by Gasteiger charge is -2.46. The summed E-state index contributed by atoms with van der Waals surface area (Å²) in [6, 6.07) is 3.23. The van der Waals surface area contributed by atoms with E-state index in [-0.39, 0.29) is 17.1 Å². The zero-order valence-electron chi connectivity index (χ0n) is 13.9. The first-order valence-electron chi connectivity index (χ1n) is 7.59. The van der Waals surface area contributed by atoms with Crippen molar-refractivity contribution in [2.24, 2.45) is 0 Å². The fraction of sp³-hybridized carbons (Fsp3) is 0.562. The molecule has 1 aliphatic rings. The molecule has 126 valence electrons. The minimum absolute atomic E-state index is 0.0383. The Bertz CT molecular complexity index is 600. The van der Waals surface area contributed by atoms with Crippen LogP contribution in [0.15, 0.2) is 22.9 Å².